The Kier molecular flexibility index (Phi) is 3.25. The summed E-state index contributed by atoms with van der Waals surface area (Å²) in [6.45, 7) is 1.73. The lowest BCUT2D eigenvalue weighted by atomic mass is 10.6. The summed E-state index contributed by atoms with van der Waals surface area (Å²) in [4.78, 5) is 8.87. The fourth-order valence-electron chi connectivity index (χ4n) is 0.900. The molecule has 2 heterocycles. The second kappa shape index (κ2) is 4.48. The summed E-state index contributed by atoms with van der Waals surface area (Å²) < 4.78 is 0.725. The minimum Gasteiger partial charge on any atom is -0.391 e. The second-order valence-electron chi connectivity index (χ2n) is 2.66. The molecule has 0 bridgehead atoms. The van der Waals surface area contributed by atoms with Crippen LogP contribution < -0.4 is 0 Å². The largest absolute Gasteiger partial charge is 0.391 e. The van der Waals surface area contributed by atoms with E-state index in [0.717, 1.165) is 10.2 Å². The van der Waals surface area contributed by atoms with Crippen LogP contribution in [0.1, 0.15) is 10.7 Å². The highest BCUT2D eigenvalue weighted by Gasteiger charge is 2.11. The number of hydrogen-bond donors (Lipinski definition) is 2. The Morgan fingerprint density at radius 1 is 1.53 bits per heavy atom. The zero-order valence-electron chi connectivity index (χ0n) is 7.69. The summed E-state index contributed by atoms with van der Waals surface area (Å²) in [5.74, 6) is 0.752. The first-order chi connectivity index (χ1) is 7.19. The molecule has 2 N–H and O–H groups in total. The summed E-state index contributed by atoms with van der Waals surface area (Å²) in [7, 11) is 0. The number of halogens is 1. The summed E-state index contributed by atoms with van der Waals surface area (Å²) in [6, 6.07) is 0. The Balaban J connectivity index is 2.17. The highest BCUT2D eigenvalue weighted by Crippen LogP contribution is 2.33. The van der Waals surface area contributed by atoms with Gasteiger partial charge in [-0.2, -0.15) is 0 Å². The predicted octanol–water partition coefficient (Wildman–Crippen LogP) is 1.87. The van der Waals surface area contributed by atoms with Crippen LogP contribution in [-0.2, 0) is 6.61 Å². The predicted molar refractivity (Wildman–Crippen MR) is 58.3 cm³/mol. The quantitative estimate of drug-likeness (QED) is 0.883. The summed E-state index contributed by atoms with van der Waals surface area (Å²) in [5.41, 5.74) is 0. The van der Waals surface area contributed by atoms with Gasteiger partial charge in [-0.3, -0.25) is 5.10 Å². The number of aromatic amines is 1. The molecular weight excluding hydrogens is 256 g/mol. The van der Waals surface area contributed by atoms with Crippen LogP contribution in [-0.4, -0.2) is 25.3 Å². The van der Waals surface area contributed by atoms with Crippen molar-refractivity contribution in [2.45, 2.75) is 23.0 Å². The van der Waals surface area contributed by atoms with E-state index >= 15 is 0 Å². The number of H-pyrrole nitrogens is 1. The van der Waals surface area contributed by atoms with E-state index in [1.54, 1.807) is 0 Å². The van der Waals surface area contributed by atoms with Crippen LogP contribution in [0.25, 0.3) is 0 Å². The van der Waals surface area contributed by atoms with E-state index in [-0.39, 0.29) is 6.61 Å². The van der Waals surface area contributed by atoms with Crippen LogP contribution in [0.4, 0.5) is 0 Å². The molecule has 0 aliphatic rings. The van der Waals surface area contributed by atoms with Gasteiger partial charge in [0.05, 0.1) is 11.5 Å². The fraction of sp³-hybridized carbons (Fsp3) is 0.286. The number of aromatic nitrogens is 4. The van der Waals surface area contributed by atoms with E-state index in [0.29, 0.717) is 15.2 Å². The van der Waals surface area contributed by atoms with Crippen LogP contribution in [0.3, 0.4) is 0 Å². The van der Waals surface area contributed by atoms with Gasteiger partial charge in [-0.1, -0.05) is 11.6 Å². The van der Waals surface area contributed by atoms with Crippen LogP contribution in [0.5, 0.6) is 0 Å². The molecule has 0 aromatic carbocycles. The Hall–Kier alpha value is -0.630. The maximum Gasteiger partial charge on any atom is 0.215 e. The highest BCUT2D eigenvalue weighted by molar-refractivity contribution is 8.00. The van der Waals surface area contributed by atoms with Gasteiger partial charge in [0.1, 0.15) is 11.0 Å². The number of nitrogens with one attached hydrogen (secondary N) is 1. The van der Waals surface area contributed by atoms with Crippen molar-refractivity contribution in [2.75, 3.05) is 0 Å². The molecule has 0 atom stereocenters. The third-order valence-electron chi connectivity index (χ3n) is 1.53. The number of nitrogens with zero attached hydrogens (tertiary/aromatic N) is 3. The average Bonchev–Trinajstić information content (AvgIpc) is 2.73. The molecule has 2 aromatic heterocycles. The molecule has 0 spiro atoms. The van der Waals surface area contributed by atoms with Gasteiger partial charge in [-0.25, -0.2) is 9.97 Å². The van der Waals surface area contributed by atoms with Gasteiger partial charge in [0.2, 0.25) is 5.16 Å². The van der Waals surface area contributed by atoms with E-state index < -0.39 is 0 Å². The van der Waals surface area contributed by atoms with Crippen molar-refractivity contribution in [3.63, 3.8) is 0 Å². The first-order valence-electron chi connectivity index (χ1n) is 4.02. The van der Waals surface area contributed by atoms with Crippen molar-refractivity contribution in [3.05, 3.63) is 15.9 Å². The molecule has 0 fully saturated rings. The Labute approximate surface area is 98.9 Å². The zero-order valence-corrected chi connectivity index (χ0v) is 10.1. The van der Waals surface area contributed by atoms with Gasteiger partial charge in [-0.15, -0.1) is 16.4 Å². The Morgan fingerprint density at radius 2 is 2.33 bits per heavy atom. The van der Waals surface area contributed by atoms with Crippen molar-refractivity contribution in [1.82, 2.24) is 20.2 Å². The van der Waals surface area contributed by atoms with Crippen molar-refractivity contribution < 1.29 is 5.11 Å². The number of thiazole rings is 1. The van der Waals surface area contributed by atoms with Gasteiger partial charge in [0.15, 0.2) is 4.34 Å². The lowest BCUT2D eigenvalue weighted by Crippen LogP contribution is -1.75. The van der Waals surface area contributed by atoms with Crippen LogP contribution in [0, 0.1) is 6.92 Å². The van der Waals surface area contributed by atoms with Crippen molar-refractivity contribution >= 4 is 34.7 Å². The maximum atomic E-state index is 8.94. The number of aryl methyl sites for hydroxylation is 1. The number of hydrogen-bond acceptors (Lipinski definition) is 6. The highest BCUT2D eigenvalue weighted by atomic mass is 35.5. The molecule has 2 rings (SSSR count). The number of rotatable bonds is 3. The number of aliphatic hydroxyl groups excluding tert-OH is 1. The molecule has 5 nitrogen and oxygen atoms in total. The molecule has 0 unspecified atom stereocenters. The van der Waals surface area contributed by atoms with Crippen molar-refractivity contribution in [1.29, 1.82) is 0 Å². The lowest BCUT2D eigenvalue weighted by molar-refractivity contribution is 0.285. The topological polar surface area (TPSA) is 74.7 Å². The molecule has 80 valence electrons. The molecule has 0 amide bonds. The molecule has 8 heteroatoms. The SMILES string of the molecule is Cc1nc(Sc2nc(Cl)c(CO)s2)n[nH]1. The Bertz CT molecular complexity index is 469. The molecular formula is C7H7ClN4OS2. The average molecular weight is 263 g/mol. The van der Waals surface area contributed by atoms with Gasteiger partial charge in [-0.05, 0) is 18.7 Å². The summed E-state index contributed by atoms with van der Waals surface area (Å²) in [5, 5.41) is 16.6. The van der Waals surface area contributed by atoms with Gasteiger partial charge in [0, 0.05) is 0 Å². The molecule has 0 aliphatic heterocycles. The first-order valence-corrected chi connectivity index (χ1v) is 6.03. The van der Waals surface area contributed by atoms with Gasteiger partial charge >= 0.3 is 0 Å². The van der Waals surface area contributed by atoms with E-state index in [1.165, 1.54) is 23.1 Å². The zero-order chi connectivity index (χ0) is 10.8. The molecule has 0 saturated carbocycles. The standard InChI is InChI=1S/C7H7ClN4OS2/c1-3-9-6(12-11-3)15-7-10-5(8)4(2-13)14-7/h13H,2H2,1H3,(H,9,11,12). The number of aliphatic hydroxyl groups is 1. The minimum absolute atomic E-state index is 0.0932. The third-order valence-corrected chi connectivity index (χ3v) is 3.92. The van der Waals surface area contributed by atoms with E-state index in [4.69, 9.17) is 16.7 Å². The smallest absolute Gasteiger partial charge is 0.215 e. The molecule has 0 radical (unpaired) electrons. The van der Waals surface area contributed by atoms with E-state index in [9.17, 15) is 0 Å². The maximum absolute atomic E-state index is 8.94. The van der Waals surface area contributed by atoms with E-state index in [2.05, 4.69) is 20.2 Å². The Morgan fingerprint density at radius 3 is 2.87 bits per heavy atom. The minimum atomic E-state index is -0.0932. The van der Waals surface area contributed by atoms with E-state index in [1.807, 2.05) is 6.92 Å². The molecule has 15 heavy (non-hydrogen) atoms. The molecule has 0 aliphatic carbocycles. The summed E-state index contributed by atoms with van der Waals surface area (Å²) >= 11 is 8.45. The van der Waals surface area contributed by atoms with Crippen LogP contribution in [0.2, 0.25) is 5.15 Å². The second-order valence-corrected chi connectivity index (χ2v) is 5.31. The van der Waals surface area contributed by atoms with Crippen LogP contribution in [0.15, 0.2) is 9.50 Å². The third kappa shape index (κ3) is 2.49. The van der Waals surface area contributed by atoms with Crippen LogP contribution >= 0.6 is 34.7 Å². The fourth-order valence-corrected chi connectivity index (χ4v) is 3.06. The molecule has 0 saturated heterocycles. The normalized spacial score (nSPS) is 10.9. The van der Waals surface area contributed by atoms with Crippen molar-refractivity contribution in [2.24, 2.45) is 0 Å². The summed E-state index contributed by atoms with van der Waals surface area (Å²) in [6.07, 6.45) is 0. The van der Waals surface area contributed by atoms with Crippen molar-refractivity contribution in [3.8, 4) is 0 Å². The molecule has 2 aromatic rings. The monoisotopic (exact) mass is 262 g/mol. The van der Waals surface area contributed by atoms with Gasteiger partial charge < -0.3 is 5.11 Å². The first kappa shape index (κ1) is 10.9. The van der Waals surface area contributed by atoms with Gasteiger partial charge in [0.25, 0.3) is 0 Å². The lowest BCUT2D eigenvalue weighted by Gasteiger charge is -1.86.